The number of benzene rings is 3. The van der Waals surface area contributed by atoms with Crippen LogP contribution in [0.25, 0.3) is 0 Å². The summed E-state index contributed by atoms with van der Waals surface area (Å²) in [5, 5.41) is 16.1. The summed E-state index contributed by atoms with van der Waals surface area (Å²) >= 11 is 0. The van der Waals surface area contributed by atoms with Crippen LogP contribution in [0, 0.1) is 6.92 Å². The average molecular weight is 458 g/mol. The number of carbonyl (C=O) groups is 2. The first-order valence-corrected chi connectivity index (χ1v) is 11.7. The topological polar surface area (TPSA) is 81.7 Å². The van der Waals surface area contributed by atoms with Crippen molar-refractivity contribution in [2.24, 2.45) is 0 Å². The van der Waals surface area contributed by atoms with Gasteiger partial charge < -0.3 is 15.7 Å². The SMILES string of the molecule is Cc1cccc(CO)c1NC1CCN(CC(=O)Nc2ccc(C(=O)c3ccccc3)cc2)CC1. The lowest BCUT2D eigenvalue weighted by atomic mass is 10.0. The molecule has 34 heavy (non-hydrogen) atoms. The maximum absolute atomic E-state index is 12.6. The third-order valence-corrected chi connectivity index (χ3v) is 6.30. The van der Waals surface area contributed by atoms with E-state index in [9.17, 15) is 14.7 Å². The Hall–Kier alpha value is -3.48. The van der Waals surface area contributed by atoms with Crippen molar-refractivity contribution in [3.8, 4) is 0 Å². The standard InChI is InChI=1S/C28H31N3O3/c1-20-6-5-9-23(19-32)27(20)30-25-14-16-31(17-15-25)18-26(33)29-24-12-10-22(11-13-24)28(34)21-7-3-2-4-8-21/h2-13,25,30,32H,14-19H2,1H3,(H,29,33). The van der Waals surface area contributed by atoms with E-state index < -0.39 is 0 Å². The number of carbonyl (C=O) groups excluding carboxylic acids is 2. The normalized spacial score (nSPS) is 14.5. The Morgan fingerprint density at radius 1 is 0.912 bits per heavy atom. The van der Waals surface area contributed by atoms with Crippen LogP contribution in [-0.4, -0.2) is 47.4 Å². The number of rotatable bonds is 8. The fraction of sp³-hybridized carbons (Fsp3) is 0.286. The zero-order valence-corrected chi connectivity index (χ0v) is 19.5. The van der Waals surface area contributed by atoms with Gasteiger partial charge in [0.15, 0.2) is 5.78 Å². The number of hydrogen-bond acceptors (Lipinski definition) is 5. The Morgan fingerprint density at radius 3 is 2.26 bits per heavy atom. The Morgan fingerprint density at radius 2 is 1.59 bits per heavy atom. The van der Waals surface area contributed by atoms with Crippen molar-refractivity contribution in [3.63, 3.8) is 0 Å². The highest BCUT2D eigenvalue weighted by molar-refractivity contribution is 6.09. The maximum atomic E-state index is 12.6. The van der Waals surface area contributed by atoms with E-state index in [4.69, 9.17) is 0 Å². The van der Waals surface area contributed by atoms with Crippen LogP contribution >= 0.6 is 0 Å². The number of aliphatic hydroxyl groups excluding tert-OH is 1. The van der Waals surface area contributed by atoms with Crippen LogP contribution in [0.3, 0.4) is 0 Å². The van der Waals surface area contributed by atoms with Crippen molar-refractivity contribution in [1.29, 1.82) is 0 Å². The fourth-order valence-electron chi connectivity index (χ4n) is 4.37. The molecule has 4 rings (SSSR count). The predicted octanol–water partition coefficient (Wildman–Crippen LogP) is 4.23. The van der Waals surface area contributed by atoms with Crippen molar-refractivity contribution >= 4 is 23.1 Å². The summed E-state index contributed by atoms with van der Waals surface area (Å²) in [6, 6.07) is 22.5. The third kappa shape index (κ3) is 5.90. The number of nitrogens with zero attached hydrogens (tertiary/aromatic N) is 1. The summed E-state index contributed by atoms with van der Waals surface area (Å²) in [6.45, 7) is 4.06. The van der Waals surface area contributed by atoms with Crippen LogP contribution in [0.4, 0.5) is 11.4 Å². The molecule has 1 amide bonds. The van der Waals surface area contributed by atoms with Crippen molar-refractivity contribution in [2.45, 2.75) is 32.4 Å². The van der Waals surface area contributed by atoms with Crippen LogP contribution in [0.5, 0.6) is 0 Å². The molecule has 0 saturated carbocycles. The highest BCUT2D eigenvalue weighted by atomic mass is 16.3. The average Bonchev–Trinajstić information content (AvgIpc) is 2.87. The van der Waals surface area contributed by atoms with Crippen LogP contribution in [0.2, 0.25) is 0 Å². The van der Waals surface area contributed by atoms with Crippen molar-refractivity contribution in [3.05, 3.63) is 95.1 Å². The predicted molar refractivity (Wildman–Crippen MR) is 135 cm³/mol. The van der Waals surface area contributed by atoms with Gasteiger partial charge in [-0.05, 0) is 49.6 Å². The Bertz CT molecular complexity index is 1120. The Labute approximate surface area is 200 Å². The Balaban J connectivity index is 1.25. The van der Waals surface area contributed by atoms with Gasteiger partial charge in [0.2, 0.25) is 5.91 Å². The number of nitrogens with one attached hydrogen (secondary N) is 2. The molecule has 176 valence electrons. The van der Waals surface area contributed by atoms with E-state index in [-0.39, 0.29) is 18.3 Å². The van der Waals surface area contributed by atoms with E-state index in [1.165, 1.54) is 0 Å². The summed E-state index contributed by atoms with van der Waals surface area (Å²) in [7, 11) is 0. The molecule has 0 radical (unpaired) electrons. The molecule has 0 unspecified atom stereocenters. The zero-order valence-electron chi connectivity index (χ0n) is 19.5. The molecule has 1 heterocycles. The minimum atomic E-state index is -0.0602. The lowest BCUT2D eigenvalue weighted by Gasteiger charge is -2.33. The van der Waals surface area contributed by atoms with Crippen LogP contribution < -0.4 is 10.6 Å². The number of anilines is 2. The molecule has 6 heteroatoms. The Kier molecular flexibility index (Phi) is 7.72. The quantitative estimate of drug-likeness (QED) is 0.441. The first-order chi connectivity index (χ1) is 16.5. The first kappa shape index (κ1) is 23.7. The second-order valence-corrected chi connectivity index (χ2v) is 8.78. The third-order valence-electron chi connectivity index (χ3n) is 6.30. The molecule has 1 saturated heterocycles. The highest BCUT2D eigenvalue weighted by Crippen LogP contribution is 2.24. The van der Waals surface area contributed by atoms with Crippen molar-refractivity contribution in [1.82, 2.24) is 4.90 Å². The number of aryl methyl sites for hydroxylation is 1. The van der Waals surface area contributed by atoms with Crippen molar-refractivity contribution in [2.75, 3.05) is 30.3 Å². The largest absolute Gasteiger partial charge is 0.392 e. The molecule has 1 aliphatic heterocycles. The van der Waals surface area contributed by atoms with Crippen LogP contribution in [0.15, 0.2) is 72.8 Å². The molecule has 0 bridgehead atoms. The van der Waals surface area contributed by atoms with Gasteiger partial charge in [-0.1, -0.05) is 48.5 Å². The van der Waals surface area contributed by atoms with E-state index in [0.29, 0.717) is 29.4 Å². The van der Waals surface area contributed by atoms with Gasteiger partial charge in [-0.2, -0.15) is 0 Å². The fourth-order valence-corrected chi connectivity index (χ4v) is 4.37. The van der Waals surface area contributed by atoms with Crippen molar-refractivity contribution < 1.29 is 14.7 Å². The lowest BCUT2D eigenvalue weighted by molar-refractivity contribution is -0.117. The molecular weight excluding hydrogens is 426 g/mol. The number of likely N-dealkylation sites (tertiary alicyclic amines) is 1. The number of para-hydroxylation sites is 1. The van der Waals surface area contributed by atoms with Gasteiger partial charge >= 0.3 is 0 Å². The summed E-state index contributed by atoms with van der Waals surface area (Å²) in [6.07, 6.45) is 1.87. The molecule has 6 nitrogen and oxygen atoms in total. The van der Waals surface area contributed by atoms with Crippen LogP contribution in [0.1, 0.15) is 39.9 Å². The van der Waals surface area contributed by atoms with E-state index in [2.05, 4.69) is 15.5 Å². The summed E-state index contributed by atoms with van der Waals surface area (Å²) in [5.74, 6) is -0.0956. The highest BCUT2D eigenvalue weighted by Gasteiger charge is 2.22. The molecule has 1 fully saturated rings. The molecule has 3 aromatic carbocycles. The first-order valence-electron chi connectivity index (χ1n) is 11.7. The number of amides is 1. The molecule has 0 atom stereocenters. The number of piperidine rings is 1. The van der Waals surface area contributed by atoms with E-state index in [1.807, 2.05) is 43.3 Å². The van der Waals surface area contributed by atoms with Gasteiger partial charge in [0.05, 0.1) is 13.2 Å². The van der Waals surface area contributed by atoms with Gasteiger partial charge in [0.1, 0.15) is 0 Å². The number of aliphatic hydroxyl groups is 1. The minimum absolute atomic E-state index is 0.0183. The maximum Gasteiger partial charge on any atom is 0.238 e. The molecule has 3 N–H and O–H groups in total. The van der Waals surface area contributed by atoms with Gasteiger partial charge in [0.25, 0.3) is 0 Å². The molecular formula is C28H31N3O3. The molecule has 3 aromatic rings. The smallest absolute Gasteiger partial charge is 0.238 e. The van der Waals surface area contributed by atoms with Gasteiger partial charge in [0, 0.05) is 47.2 Å². The van der Waals surface area contributed by atoms with Gasteiger partial charge in [-0.3, -0.25) is 14.5 Å². The summed E-state index contributed by atoms with van der Waals surface area (Å²) in [4.78, 5) is 27.2. The monoisotopic (exact) mass is 457 g/mol. The van der Waals surface area contributed by atoms with Gasteiger partial charge in [-0.15, -0.1) is 0 Å². The summed E-state index contributed by atoms with van der Waals surface area (Å²) in [5.41, 5.74) is 4.99. The lowest BCUT2D eigenvalue weighted by Crippen LogP contribution is -2.42. The second-order valence-electron chi connectivity index (χ2n) is 8.78. The number of ketones is 1. The molecule has 1 aliphatic rings. The van der Waals surface area contributed by atoms with E-state index >= 15 is 0 Å². The van der Waals surface area contributed by atoms with Gasteiger partial charge in [-0.25, -0.2) is 0 Å². The zero-order chi connectivity index (χ0) is 23.9. The second kappa shape index (κ2) is 11.1. The summed E-state index contributed by atoms with van der Waals surface area (Å²) < 4.78 is 0. The van der Waals surface area contributed by atoms with Crippen LogP contribution in [-0.2, 0) is 11.4 Å². The van der Waals surface area contributed by atoms with E-state index in [1.54, 1.807) is 36.4 Å². The molecule has 0 aliphatic carbocycles. The minimum Gasteiger partial charge on any atom is -0.392 e. The van der Waals surface area contributed by atoms with E-state index in [0.717, 1.165) is 42.7 Å². The molecule has 0 spiro atoms. The molecule has 0 aromatic heterocycles. The number of hydrogen-bond donors (Lipinski definition) is 3.